The lowest BCUT2D eigenvalue weighted by Crippen LogP contribution is -2.59. The predicted octanol–water partition coefficient (Wildman–Crippen LogP) is 5.23. The molecule has 0 amide bonds. The fourth-order valence-electron chi connectivity index (χ4n) is 5.42. The van der Waals surface area contributed by atoms with Crippen LogP contribution in [0.3, 0.4) is 0 Å². The molecule has 1 atom stereocenters. The third-order valence-electron chi connectivity index (χ3n) is 7.22. The van der Waals surface area contributed by atoms with Gasteiger partial charge in [-0.05, 0) is 41.5 Å². The van der Waals surface area contributed by atoms with Gasteiger partial charge in [-0.3, -0.25) is 4.90 Å². The summed E-state index contributed by atoms with van der Waals surface area (Å²) in [6, 6.07) is 27.7. The van der Waals surface area contributed by atoms with Gasteiger partial charge in [0.2, 0.25) is 5.72 Å². The van der Waals surface area contributed by atoms with E-state index in [-0.39, 0.29) is 11.8 Å². The number of hydrogen-bond donors (Lipinski definition) is 0. The zero-order valence-corrected chi connectivity index (χ0v) is 19.0. The van der Waals surface area contributed by atoms with Crippen molar-refractivity contribution in [2.24, 2.45) is 5.10 Å². The third kappa shape index (κ3) is 3.66. The first-order valence-electron chi connectivity index (χ1n) is 11.8. The van der Waals surface area contributed by atoms with Crippen molar-refractivity contribution >= 4 is 5.71 Å². The topological polar surface area (TPSA) is 37.3 Å². The molecule has 1 saturated heterocycles. The van der Waals surface area contributed by atoms with Crippen molar-refractivity contribution in [3.05, 3.63) is 95.6 Å². The van der Waals surface area contributed by atoms with E-state index in [2.05, 4.69) is 76.6 Å². The van der Waals surface area contributed by atoms with Gasteiger partial charge in [0.1, 0.15) is 11.5 Å². The van der Waals surface area contributed by atoms with Crippen LogP contribution in [0.2, 0.25) is 0 Å². The highest BCUT2D eigenvalue weighted by Gasteiger charge is 2.51. The quantitative estimate of drug-likeness (QED) is 0.558. The second-order valence-electron chi connectivity index (χ2n) is 9.19. The second-order valence-corrected chi connectivity index (χ2v) is 9.19. The molecule has 6 rings (SSSR count). The first kappa shape index (κ1) is 20.3. The number of ether oxygens (including phenoxy) is 2. The summed E-state index contributed by atoms with van der Waals surface area (Å²) < 4.78 is 12.1. The molecule has 0 aromatic heterocycles. The van der Waals surface area contributed by atoms with Crippen LogP contribution in [-0.2, 0) is 6.54 Å². The maximum Gasteiger partial charge on any atom is 0.200 e. The Bertz CT molecular complexity index is 1150. The van der Waals surface area contributed by atoms with Crippen LogP contribution in [0.5, 0.6) is 11.5 Å². The summed E-state index contributed by atoms with van der Waals surface area (Å²) in [5.41, 5.74) is 4.48. The highest BCUT2D eigenvalue weighted by atomic mass is 16.5. The lowest BCUT2D eigenvalue weighted by atomic mass is 9.90. The van der Waals surface area contributed by atoms with Crippen LogP contribution in [0.1, 0.15) is 42.0 Å². The lowest BCUT2D eigenvalue weighted by Gasteiger charge is -2.51. The zero-order chi connectivity index (χ0) is 22.3. The van der Waals surface area contributed by atoms with E-state index in [0.29, 0.717) is 0 Å². The minimum absolute atomic E-state index is 0.215. The molecule has 3 aliphatic rings. The summed E-state index contributed by atoms with van der Waals surface area (Å²) in [6.07, 6.45) is 2.76. The number of benzene rings is 3. The number of nitrogens with zero attached hydrogens (tertiary/aromatic N) is 3. The van der Waals surface area contributed by atoms with E-state index in [1.165, 1.54) is 11.1 Å². The minimum atomic E-state index is -0.388. The summed E-state index contributed by atoms with van der Waals surface area (Å²) in [7, 11) is 1.70. The lowest BCUT2D eigenvalue weighted by molar-refractivity contribution is -0.150. The largest absolute Gasteiger partial charge is 0.497 e. The molecule has 5 heteroatoms. The molecule has 1 fully saturated rings. The summed E-state index contributed by atoms with van der Waals surface area (Å²) >= 11 is 0. The van der Waals surface area contributed by atoms with Gasteiger partial charge in [-0.25, -0.2) is 5.01 Å². The second kappa shape index (κ2) is 8.23. The predicted molar refractivity (Wildman–Crippen MR) is 129 cm³/mol. The van der Waals surface area contributed by atoms with Gasteiger partial charge in [0, 0.05) is 44.5 Å². The highest BCUT2D eigenvalue weighted by Crippen LogP contribution is 2.50. The van der Waals surface area contributed by atoms with E-state index < -0.39 is 0 Å². The number of rotatable bonds is 4. The van der Waals surface area contributed by atoms with Crippen LogP contribution < -0.4 is 9.47 Å². The SMILES string of the molecule is COc1ccc(C2=NN3C(C2)c2ccccc2OC32CCN(Cc3ccccc3)CC2)cc1. The summed E-state index contributed by atoms with van der Waals surface area (Å²) in [5, 5.41) is 7.47. The fraction of sp³-hybridized carbons (Fsp3) is 0.321. The Morgan fingerprint density at radius 2 is 1.67 bits per heavy atom. The van der Waals surface area contributed by atoms with Gasteiger partial charge in [0.05, 0.1) is 18.9 Å². The zero-order valence-electron chi connectivity index (χ0n) is 19.0. The number of hydrogen-bond acceptors (Lipinski definition) is 5. The fourth-order valence-corrected chi connectivity index (χ4v) is 5.42. The van der Waals surface area contributed by atoms with Crippen molar-refractivity contribution in [1.29, 1.82) is 0 Å². The third-order valence-corrected chi connectivity index (χ3v) is 7.22. The maximum atomic E-state index is 6.77. The number of para-hydroxylation sites is 1. The number of methoxy groups -OCH3 is 1. The van der Waals surface area contributed by atoms with Gasteiger partial charge in [-0.15, -0.1) is 0 Å². The number of hydrazone groups is 1. The molecule has 0 saturated carbocycles. The van der Waals surface area contributed by atoms with Crippen LogP contribution in [0, 0.1) is 0 Å². The van der Waals surface area contributed by atoms with E-state index in [1.807, 2.05) is 12.1 Å². The van der Waals surface area contributed by atoms with Gasteiger partial charge in [0.15, 0.2) is 0 Å². The minimum Gasteiger partial charge on any atom is -0.497 e. The highest BCUT2D eigenvalue weighted by molar-refractivity contribution is 6.02. The number of likely N-dealkylation sites (tertiary alicyclic amines) is 1. The molecule has 168 valence electrons. The van der Waals surface area contributed by atoms with Gasteiger partial charge >= 0.3 is 0 Å². The van der Waals surface area contributed by atoms with Crippen LogP contribution in [0.15, 0.2) is 84.0 Å². The summed E-state index contributed by atoms with van der Waals surface area (Å²) in [6.45, 7) is 2.97. The number of fused-ring (bicyclic) bond motifs is 4. The molecule has 0 bridgehead atoms. The van der Waals surface area contributed by atoms with Crippen LogP contribution >= 0.6 is 0 Å². The normalized spacial score (nSPS) is 21.2. The smallest absolute Gasteiger partial charge is 0.200 e. The molecule has 0 radical (unpaired) electrons. The maximum absolute atomic E-state index is 6.77. The Labute approximate surface area is 195 Å². The summed E-state index contributed by atoms with van der Waals surface area (Å²) in [4.78, 5) is 2.53. The van der Waals surface area contributed by atoms with E-state index in [4.69, 9.17) is 14.6 Å². The Morgan fingerprint density at radius 3 is 2.42 bits per heavy atom. The van der Waals surface area contributed by atoms with E-state index in [0.717, 1.165) is 61.7 Å². The Hall–Kier alpha value is -3.31. The standard InChI is InChI=1S/C28H29N3O2/c1-32-23-13-11-22(12-14-23)25-19-26-24-9-5-6-10-27(24)33-28(31(26)29-25)15-17-30(18-16-28)20-21-7-3-2-4-8-21/h2-14,26H,15-20H2,1H3. The van der Waals surface area contributed by atoms with E-state index in [9.17, 15) is 0 Å². The molecule has 3 aromatic carbocycles. The molecule has 1 unspecified atom stereocenters. The van der Waals surface area contributed by atoms with Gasteiger partial charge < -0.3 is 9.47 Å². The molecule has 1 spiro atoms. The van der Waals surface area contributed by atoms with Crippen molar-refractivity contribution < 1.29 is 9.47 Å². The molecule has 0 N–H and O–H groups in total. The van der Waals surface area contributed by atoms with Crippen molar-refractivity contribution in [3.63, 3.8) is 0 Å². The molecule has 5 nitrogen and oxygen atoms in total. The Kier molecular flexibility index (Phi) is 5.07. The van der Waals surface area contributed by atoms with Gasteiger partial charge in [-0.2, -0.15) is 5.10 Å². The van der Waals surface area contributed by atoms with Gasteiger partial charge in [-0.1, -0.05) is 48.5 Å². The first-order valence-corrected chi connectivity index (χ1v) is 11.8. The molecular weight excluding hydrogens is 410 g/mol. The molecular formula is C28H29N3O2. The average molecular weight is 440 g/mol. The molecule has 3 aromatic rings. The van der Waals surface area contributed by atoms with Crippen molar-refractivity contribution in [3.8, 4) is 11.5 Å². The van der Waals surface area contributed by atoms with Crippen LogP contribution in [0.4, 0.5) is 0 Å². The van der Waals surface area contributed by atoms with Crippen LogP contribution in [-0.4, -0.2) is 41.5 Å². The van der Waals surface area contributed by atoms with Crippen molar-refractivity contribution in [1.82, 2.24) is 9.91 Å². The van der Waals surface area contributed by atoms with Crippen LogP contribution in [0.25, 0.3) is 0 Å². The molecule has 3 aliphatic heterocycles. The van der Waals surface area contributed by atoms with Crippen molar-refractivity contribution in [2.45, 2.75) is 37.6 Å². The molecule has 3 heterocycles. The first-order chi connectivity index (χ1) is 16.2. The van der Waals surface area contributed by atoms with E-state index in [1.54, 1.807) is 7.11 Å². The average Bonchev–Trinajstić information content (AvgIpc) is 3.33. The van der Waals surface area contributed by atoms with Gasteiger partial charge in [0.25, 0.3) is 0 Å². The van der Waals surface area contributed by atoms with E-state index >= 15 is 0 Å². The molecule has 33 heavy (non-hydrogen) atoms. The van der Waals surface area contributed by atoms with Crippen molar-refractivity contribution in [2.75, 3.05) is 20.2 Å². The Balaban J connectivity index is 1.28. The number of piperidine rings is 1. The molecule has 0 aliphatic carbocycles. The monoisotopic (exact) mass is 439 g/mol. The summed E-state index contributed by atoms with van der Waals surface area (Å²) in [5.74, 6) is 1.88. The Morgan fingerprint density at radius 1 is 0.939 bits per heavy atom.